The van der Waals surface area contributed by atoms with Crippen LogP contribution in [-0.2, 0) is 26.5 Å². The first-order chi connectivity index (χ1) is 6.77. The van der Waals surface area contributed by atoms with Crippen LogP contribution in [-0.4, -0.2) is 27.9 Å². The molecule has 0 atom stereocenters. The van der Waals surface area contributed by atoms with Gasteiger partial charge in [-0.2, -0.15) is 0 Å². The van der Waals surface area contributed by atoms with Gasteiger partial charge in [-0.1, -0.05) is 58.3 Å². The van der Waals surface area contributed by atoms with E-state index < -0.39 is 5.97 Å². The van der Waals surface area contributed by atoms with Gasteiger partial charge in [0.1, 0.15) is 0 Å². The molecule has 0 fully saturated rings. The van der Waals surface area contributed by atoms with Crippen molar-refractivity contribution < 1.29 is 53.5 Å². The van der Waals surface area contributed by atoms with Gasteiger partial charge in [0.2, 0.25) is 0 Å². The van der Waals surface area contributed by atoms with E-state index in [1.807, 2.05) is 0 Å². The minimum Gasteiger partial charge on any atom is -0.870 e. The Morgan fingerprint density at radius 2 is 1.05 bits per heavy atom. The summed E-state index contributed by atoms with van der Waals surface area (Å²) in [5.41, 5.74) is 0. The molecule has 0 unspecified atom stereocenters. The molecule has 19 heavy (non-hydrogen) atoms. The minimum atomic E-state index is -0.909. The Balaban J connectivity index is -0.0000000845. The fraction of sp³-hybridized carbons (Fsp3) is 0.917. The summed E-state index contributed by atoms with van der Waals surface area (Å²) in [6.45, 7) is 2.22. The normalized spacial score (nSPS) is 7.63. The average molecular weight is 315 g/mol. The molecule has 4 N–H and O–H groups in total. The van der Waals surface area contributed by atoms with Gasteiger partial charge in [-0.25, -0.2) is 0 Å². The molecule has 0 aliphatic carbocycles. The van der Waals surface area contributed by atoms with Gasteiger partial charge >= 0.3 is 0 Å². The van der Waals surface area contributed by atoms with Crippen molar-refractivity contribution in [2.24, 2.45) is 0 Å². The molecule has 0 radical (unpaired) electrons. The molecule has 0 aliphatic rings. The molecule has 0 heterocycles. The smallest absolute Gasteiger partial charge is 0.0414 e. The standard InChI is InChI=1S/C12H24O2.4H2O.Ti/c1-2-3-4-5-6-7-8-9-10-11-12(13)14;;;;;/h2-11H2,1H3,(H,13,14);4*1H2;/p-5. The van der Waals surface area contributed by atoms with Crippen LogP contribution in [0.15, 0.2) is 0 Å². The predicted octanol–water partition coefficient (Wildman–Crippen LogP) is 1.95. The van der Waals surface area contributed by atoms with Crippen molar-refractivity contribution in [2.75, 3.05) is 0 Å². The summed E-state index contributed by atoms with van der Waals surface area (Å²) in [6, 6.07) is 0. The van der Waals surface area contributed by atoms with Crippen molar-refractivity contribution in [3.63, 3.8) is 0 Å². The Labute approximate surface area is 131 Å². The number of unbranched alkanes of at least 4 members (excludes halogenated alkanes) is 8. The average Bonchev–Trinajstić information content (AvgIpc) is 2.15. The Hall–Kier alpha value is 0.0243. The molecule has 0 rings (SSSR count). The van der Waals surface area contributed by atoms with Crippen LogP contribution < -0.4 is 5.11 Å². The molecule has 120 valence electrons. The zero-order valence-electron chi connectivity index (χ0n) is 11.7. The van der Waals surface area contributed by atoms with Gasteiger partial charge in [0.15, 0.2) is 0 Å². The van der Waals surface area contributed by atoms with E-state index >= 15 is 0 Å². The van der Waals surface area contributed by atoms with Crippen LogP contribution in [0, 0.1) is 0 Å². The molecule has 0 saturated heterocycles. The summed E-state index contributed by atoms with van der Waals surface area (Å²) < 4.78 is 0. The number of aliphatic carboxylic acids is 1. The molecule has 7 heteroatoms. The van der Waals surface area contributed by atoms with E-state index in [9.17, 15) is 9.90 Å². The van der Waals surface area contributed by atoms with Crippen LogP contribution in [0.1, 0.15) is 71.1 Å². The zero-order chi connectivity index (χ0) is 10.6. The summed E-state index contributed by atoms with van der Waals surface area (Å²) in [6.07, 6.45) is 11.2. The van der Waals surface area contributed by atoms with Crippen LogP contribution >= 0.6 is 0 Å². The molecular weight excluding hydrogens is 288 g/mol. The van der Waals surface area contributed by atoms with Crippen LogP contribution in [0.3, 0.4) is 0 Å². The van der Waals surface area contributed by atoms with Crippen molar-refractivity contribution in [1.29, 1.82) is 0 Å². The molecular formula is C12H27O6Ti-5. The Morgan fingerprint density at radius 1 is 0.737 bits per heavy atom. The Morgan fingerprint density at radius 3 is 1.37 bits per heavy atom. The van der Waals surface area contributed by atoms with Gasteiger partial charge in [-0.15, -0.1) is 0 Å². The number of carbonyl (C=O) groups excluding carboxylic acids is 1. The Kier molecular flexibility index (Phi) is 59.1. The quantitative estimate of drug-likeness (QED) is 0.442. The van der Waals surface area contributed by atoms with Crippen molar-refractivity contribution in [3.05, 3.63) is 0 Å². The summed E-state index contributed by atoms with van der Waals surface area (Å²) in [5, 5.41) is 10.1. The largest absolute Gasteiger partial charge is 0.870 e. The maximum atomic E-state index is 10.1. The van der Waals surface area contributed by atoms with Crippen molar-refractivity contribution >= 4 is 5.97 Å². The molecule has 6 nitrogen and oxygen atoms in total. The first-order valence-corrected chi connectivity index (χ1v) is 5.97. The predicted molar refractivity (Wildman–Crippen MR) is 64.6 cm³/mol. The molecule has 0 saturated carbocycles. The number of hydrogen-bond donors (Lipinski definition) is 0. The molecule has 0 aromatic heterocycles. The van der Waals surface area contributed by atoms with Gasteiger partial charge in [-0.3, -0.25) is 0 Å². The van der Waals surface area contributed by atoms with Crippen LogP contribution in [0.4, 0.5) is 0 Å². The van der Waals surface area contributed by atoms with Crippen LogP contribution in [0.5, 0.6) is 0 Å². The topological polar surface area (TPSA) is 160 Å². The SMILES string of the molecule is CCCCCCCCCCCC(=O)[O-].[OH-].[OH-].[OH-].[OH-].[Ti]. The third-order valence-electron chi connectivity index (χ3n) is 2.48. The summed E-state index contributed by atoms with van der Waals surface area (Å²) in [4.78, 5) is 10.1. The Bertz CT molecular complexity index is 146. The molecule has 0 aromatic carbocycles. The number of hydrogen-bond acceptors (Lipinski definition) is 6. The summed E-state index contributed by atoms with van der Waals surface area (Å²) in [7, 11) is 0. The van der Waals surface area contributed by atoms with Crippen LogP contribution in [0.25, 0.3) is 0 Å². The van der Waals surface area contributed by atoms with Gasteiger partial charge in [0.05, 0.1) is 0 Å². The van der Waals surface area contributed by atoms with E-state index in [2.05, 4.69) is 6.92 Å². The van der Waals surface area contributed by atoms with Gasteiger partial charge in [0, 0.05) is 27.7 Å². The van der Waals surface area contributed by atoms with E-state index in [1.54, 1.807) is 0 Å². The van der Waals surface area contributed by atoms with E-state index in [4.69, 9.17) is 0 Å². The van der Waals surface area contributed by atoms with Crippen molar-refractivity contribution in [3.8, 4) is 0 Å². The third-order valence-corrected chi connectivity index (χ3v) is 2.48. The molecule has 0 bridgehead atoms. The number of carbonyl (C=O) groups is 1. The van der Waals surface area contributed by atoms with Gasteiger partial charge in [-0.05, 0) is 12.8 Å². The first-order valence-electron chi connectivity index (χ1n) is 5.97. The minimum absolute atomic E-state index is 0. The van der Waals surface area contributed by atoms with Gasteiger partial charge in [0.25, 0.3) is 0 Å². The number of rotatable bonds is 10. The van der Waals surface area contributed by atoms with Crippen molar-refractivity contribution in [2.45, 2.75) is 71.1 Å². The fourth-order valence-corrected chi connectivity index (χ4v) is 1.58. The fourth-order valence-electron chi connectivity index (χ4n) is 1.58. The van der Waals surface area contributed by atoms with Crippen molar-refractivity contribution in [1.82, 2.24) is 0 Å². The zero-order valence-corrected chi connectivity index (χ0v) is 13.2. The monoisotopic (exact) mass is 315 g/mol. The number of carboxylic acid groups (broad SMARTS) is 1. The van der Waals surface area contributed by atoms with E-state index in [-0.39, 0.29) is 50.0 Å². The van der Waals surface area contributed by atoms with Gasteiger partial charge < -0.3 is 31.8 Å². The third kappa shape index (κ3) is 38.1. The number of carboxylic acids is 1. The maximum absolute atomic E-state index is 10.1. The van der Waals surface area contributed by atoms with E-state index in [0.29, 0.717) is 0 Å². The molecule has 0 aliphatic heterocycles. The molecule has 0 amide bonds. The summed E-state index contributed by atoms with van der Waals surface area (Å²) >= 11 is 0. The van der Waals surface area contributed by atoms with E-state index in [0.717, 1.165) is 12.8 Å². The molecule has 0 spiro atoms. The van der Waals surface area contributed by atoms with Crippen LogP contribution in [0.2, 0.25) is 0 Å². The first kappa shape index (κ1) is 36.4. The van der Waals surface area contributed by atoms with E-state index in [1.165, 1.54) is 44.9 Å². The second-order valence-corrected chi connectivity index (χ2v) is 3.95. The maximum Gasteiger partial charge on any atom is 0.0414 e. The second kappa shape index (κ2) is 30.8. The second-order valence-electron chi connectivity index (χ2n) is 3.95. The summed E-state index contributed by atoms with van der Waals surface area (Å²) in [5.74, 6) is -0.909. The molecule has 0 aromatic rings.